The van der Waals surface area contributed by atoms with Crippen LogP contribution in [0.2, 0.25) is 0 Å². The van der Waals surface area contributed by atoms with Crippen LogP contribution in [0.4, 0.5) is 11.4 Å². The van der Waals surface area contributed by atoms with Crippen LogP contribution in [0.5, 0.6) is 0 Å². The molecule has 0 spiro atoms. The van der Waals surface area contributed by atoms with Gasteiger partial charge in [0.2, 0.25) is 5.91 Å². The molecule has 3 heteroatoms. The molecule has 2 aromatic rings. The molecule has 2 aromatic carbocycles. The van der Waals surface area contributed by atoms with Gasteiger partial charge in [0.05, 0.1) is 24.0 Å². The third-order valence-corrected chi connectivity index (χ3v) is 4.69. The Hall–Kier alpha value is -2.29. The van der Waals surface area contributed by atoms with E-state index in [1.807, 2.05) is 41.3 Å². The first-order valence-electron chi connectivity index (χ1n) is 8.46. The fourth-order valence-electron chi connectivity index (χ4n) is 3.29. The molecule has 1 aliphatic heterocycles. The fraction of sp³-hybridized carbons (Fsp3) is 0.350. The summed E-state index contributed by atoms with van der Waals surface area (Å²) >= 11 is 0. The minimum atomic E-state index is 0.0950. The lowest BCUT2D eigenvalue weighted by Gasteiger charge is -2.37. The molecule has 0 saturated carbocycles. The fourth-order valence-corrected chi connectivity index (χ4v) is 3.29. The average molecular weight is 308 g/mol. The van der Waals surface area contributed by atoms with E-state index in [-0.39, 0.29) is 17.9 Å². The summed E-state index contributed by atoms with van der Waals surface area (Å²) < 4.78 is 0. The molecule has 0 bridgehead atoms. The second-order valence-electron chi connectivity index (χ2n) is 6.09. The van der Waals surface area contributed by atoms with Crippen molar-refractivity contribution in [2.24, 2.45) is 5.92 Å². The molecule has 3 rings (SSSR count). The molecule has 1 amide bonds. The van der Waals surface area contributed by atoms with E-state index in [1.165, 1.54) is 5.56 Å². The van der Waals surface area contributed by atoms with Crippen molar-refractivity contribution in [2.75, 3.05) is 16.8 Å². The molecule has 0 aliphatic carbocycles. The molecule has 0 radical (unpaired) electrons. The predicted molar refractivity (Wildman–Crippen MR) is 95.7 cm³/mol. The van der Waals surface area contributed by atoms with E-state index in [0.717, 1.165) is 24.2 Å². The van der Waals surface area contributed by atoms with Crippen LogP contribution < -0.4 is 10.2 Å². The van der Waals surface area contributed by atoms with Gasteiger partial charge < -0.3 is 10.2 Å². The Morgan fingerprint density at radius 2 is 1.74 bits per heavy atom. The molecule has 0 aromatic heterocycles. The van der Waals surface area contributed by atoms with Crippen LogP contribution in [0.15, 0.2) is 54.6 Å². The average Bonchev–Trinajstić information content (AvgIpc) is 2.62. The quantitative estimate of drug-likeness (QED) is 0.893. The van der Waals surface area contributed by atoms with Crippen LogP contribution in [-0.4, -0.2) is 12.5 Å². The number of nitrogens with zero attached hydrogens (tertiary/aromatic N) is 1. The van der Waals surface area contributed by atoms with Crippen molar-refractivity contribution >= 4 is 17.3 Å². The van der Waals surface area contributed by atoms with Gasteiger partial charge in [0.25, 0.3) is 0 Å². The lowest BCUT2D eigenvalue weighted by atomic mass is 9.97. The monoisotopic (exact) mass is 308 g/mol. The molecule has 1 heterocycles. The lowest BCUT2D eigenvalue weighted by Crippen LogP contribution is -2.43. The predicted octanol–water partition coefficient (Wildman–Crippen LogP) is 4.62. The summed E-state index contributed by atoms with van der Waals surface area (Å²) in [5.74, 6) is 0.336. The summed E-state index contributed by atoms with van der Waals surface area (Å²) in [5.41, 5.74) is 3.24. The first kappa shape index (κ1) is 15.6. The Morgan fingerprint density at radius 1 is 1.09 bits per heavy atom. The topological polar surface area (TPSA) is 32.3 Å². The summed E-state index contributed by atoms with van der Waals surface area (Å²) in [6.45, 7) is 4.86. The zero-order valence-corrected chi connectivity index (χ0v) is 13.8. The summed E-state index contributed by atoms with van der Waals surface area (Å²) in [6, 6.07) is 18.6. The molecule has 1 N–H and O–H groups in total. The number of nitrogens with one attached hydrogen (secondary N) is 1. The maximum atomic E-state index is 13.0. The van der Waals surface area contributed by atoms with Crippen molar-refractivity contribution in [3.63, 3.8) is 0 Å². The largest absolute Gasteiger partial charge is 0.375 e. The Balaban J connectivity index is 1.96. The highest BCUT2D eigenvalue weighted by atomic mass is 16.2. The molecule has 1 aliphatic rings. The molecule has 23 heavy (non-hydrogen) atoms. The highest BCUT2D eigenvalue weighted by Gasteiger charge is 2.31. The van der Waals surface area contributed by atoms with Gasteiger partial charge in [-0.25, -0.2) is 0 Å². The van der Waals surface area contributed by atoms with Gasteiger partial charge in [-0.15, -0.1) is 0 Å². The Bertz CT molecular complexity index is 664. The van der Waals surface area contributed by atoms with Crippen molar-refractivity contribution in [1.29, 1.82) is 0 Å². The van der Waals surface area contributed by atoms with Gasteiger partial charge in [0.1, 0.15) is 0 Å². The van der Waals surface area contributed by atoms with Crippen molar-refractivity contribution < 1.29 is 4.79 Å². The van der Waals surface area contributed by atoms with Crippen LogP contribution in [0, 0.1) is 5.92 Å². The van der Waals surface area contributed by atoms with E-state index in [1.54, 1.807) is 0 Å². The Labute approximate surface area is 138 Å². The number of para-hydroxylation sites is 2. The minimum absolute atomic E-state index is 0.0950. The van der Waals surface area contributed by atoms with E-state index >= 15 is 0 Å². The van der Waals surface area contributed by atoms with Gasteiger partial charge >= 0.3 is 0 Å². The number of carbonyl (C=O) groups excluding carboxylic acids is 1. The van der Waals surface area contributed by atoms with E-state index in [4.69, 9.17) is 0 Å². The van der Waals surface area contributed by atoms with Crippen molar-refractivity contribution in [1.82, 2.24) is 0 Å². The van der Waals surface area contributed by atoms with Gasteiger partial charge in [0.15, 0.2) is 0 Å². The van der Waals surface area contributed by atoms with Gasteiger partial charge in [-0.1, -0.05) is 56.3 Å². The van der Waals surface area contributed by atoms with Gasteiger partial charge in [-0.05, 0) is 30.5 Å². The number of hydrogen-bond acceptors (Lipinski definition) is 2. The first-order chi connectivity index (χ1) is 11.2. The number of anilines is 2. The van der Waals surface area contributed by atoms with E-state index in [2.05, 4.69) is 37.4 Å². The number of hydrogen-bond donors (Lipinski definition) is 1. The minimum Gasteiger partial charge on any atom is -0.375 e. The smallest absolute Gasteiger partial charge is 0.230 e. The third kappa shape index (κ3) is 3.09. The van der Waals surface area contributed by atoms with E-state index < -0.39 is 0 Å². The molecular weight excluding hydrogens is 284 g/mol. The SMILES string of the molecule is CCC(CC)C(=O)N1CC(c2ccccc2)Nc2ccccc21. The van der Waals surface area contributed by atoms with Crippen molar-refractivity contribution in [2.45, 2.75) is 32.7 Å². The molecular formula is C20H24N2O. The molecule has 0 fully saturated rings. The van der Waals surface area contributed by atoms with Crippen LogP contribution in [0.1, 0.15) is 38.3 Å². The van der Waals surface area contributed by atoms with Gasteiger partial charge in [-0.3, -0.25) is 4.79 Å². The third-order valence-electron chi connectivity index (χ3n) is 4.69. The second kappa shape index (κ2) is 6.86. The number of benzene rings is 2. The Kier molecular flexibility index (Phi) is 4.65. The van der Waals surface area contributed by atoms with Gasteiger partial charge in [0, 0.05) is 5.92 Å². The normalized spacial score (nSPS) is 16.8. The van der Waals surface area contributed by atoms with Crippen LogP contribution in [0.3, 0.4) is 0 Å². The summed E-state index contributed by atoms with van der Waals surface area (Å²) in [6.07, 6.45) is 1.77. The number of carbonyl (C=O) groups is 1. The summed E-state index contributed by atoms with van der Waals surface area (Å²) in [7, 11) is 0. The first-order valence-corrected chi connectivity index (χ1v) is 8.46. The molecule has 0 saturated heterocycles. The van der Waals surface area contributed by atoms with E-state index in [0.29, 0.717) is 6.54 Å². The van der Waals surface area contributed by atoms with E-state index in [9.17, 15) is 4.79 Å². The number of amides is 1. The summed E-state index contributed by atoms with van der Waals surface area (Å²) in [4.78, 5) is 15.0. The number of fused-ring (bicyclic) bond motifs is 1. The molecule has 3 nitrogen and oxygen atoms in total. The highest BCUT2D eigenvalue weighted by molar-refractivity contribution is 5.99. The molecule has 1 atom stereocenters. The van der Waals surface area contributed by atoms with Crippen LogP contribution in [-0.2, 0) is 4.79 Å². The standard InChI is InChI=1S/C20H24N2O/c1-3-15(4-2)20(23)22-14-18(16-10-6-5-7-11-16)21-17-12-8-9-13-19(17)22/h5-13,15,18,21H,3-4,14H2,1-2H3. The number of rotatable bonds is 4. The van der Waals surface area contributed by atoms with Crippen molar-refractivity contribution in [3.05, 3.63) is 60.2 Å². The molecule has 1 unspecified atom stereocenters. The highest BCUT2D eigenvalue weighted by Crippen LogP contribution is 2.36. The molecule has 120 valence electrons. The van der Waals surface area contributed by atoms with Crippen LogP contribution >= 0.6 is 0 Å². The zero-order chi connectivity index (χ0) is 16.2. The maximum Gasteiger partial charge on any atom is 0.230 e. The second-order valence-corrected chi connectivity index (χ2v) is 6.09. The van der Waals surface area contributed by atoms with Crippen LogP contribution in [0.25, 0.3) is 0 Å². The Morgan fingerprint density at radius 3 is 2.43 bits per heavy atom. The maximum absolute atomic E-state index is 13.0. The zero-order valence-electron chi connectivity index (χ0n) is 13.8. The van der Waals surface area contributed by atoms with Crippen molar-refractivity contribution in [3.8, 4) is 0 Å². The van der Waals surface area contributed by atoms with Gasteiger partial charge in [-0.2, -0.15) is 0 Å². The summed E-state index contributed by atoms with van der Waals surface area (Å²) in [5, 5.41) is 3.58. The lowest BCUT2D eigenvalue weighted by molar-refractivity contribution is -0.122.